The average molecular weight is 253 g/mol. The van der Waals surface area contributed by atoms with Gasteiger partial charge in [0.2, 0.25) is 5.91 Å². The first-order valence-electron chi connectivity index (χ1n) is 7.69. The van der Waals surface area contributed by atoms with E-state index in [0.717, 1.165) is 38.6 Å². The van der Waals surface area contributed by atoms with Crippen LogP contribution in [0.3, 0.4) is 0 Å². The molecule has 18 heavy (non-hydrogen) atoms. The van der Waals surface area contributed by atoms with Crippen molar-refractivity contribution in [2.24, 2.45) is 11.8 Å². The van der Waals surface area contributed by atoms with Crippen LogP contribution in [-0.4, -0.2) is 23.7 Å². The molecule has 2 saturated carbocycles. The normalized spacial score (nSPS) is 30.1. The first-order valence-corrected chi connectivity index (χ1v) is 7.69. The number of nitrogens with one attached hydrogen (secondary N) is 1. The van der Waals surface area contributed by atoms with Crippen LogP contribution in [0, 0.1) is 11.8 Å². The van der Waals surface area contributed by atoms with Gasteiger partial charge in [0.1, 0.15) is 0 Å². The van der Waals surface area contributed by atoms with E-state index in [2.05, 4.69) is 5.32 Å². The van der Waals surface area contributed by atoms with Crippen LogP contribution in [0.1, 0.15) is 64.2 Å². The third kappa shape index (κ3) is 4.60. The maximum atomic E-state index is 11.9. The zero-order chi connectivity index (χ0) is 12.8. The van der Waals surface area contributed by atoms with Gasteiger partial charge < -0.3 is 10.4 Å². The van der Waals surface area contributed by atoms with Crippen LogP contribution in [0.15, 0.2) is 0 Å². The highest BCUT2D eigenvalue weighted by molar-refractivity contribution is 5.76. The lowest BCUT2D eigenvalue weighted by molar-refractivity contribution is -0.122. The van der Waals surface area contributed by atoms with E-state index in [1.807, 2.05) is 0 Å². The first-order chi connectivity index (χ1) is 8.74. The van der Waals surface area contributed by atoms with Gasteiger partial charge in [0, 0.05) is 13.0 Å². The van der Waals surface area contributed by atoms with Gasteiger partial charge in [-0.2, -0.15) is 0 Å². The summed E-state index contributed by atoms with van der Waals surface area (Å²) in [4.78, 5) is 11.9. The summed E-state index contributed by atoms with van der Waals surface area (Å²) in [5.74, 6) is 1.33. The molecule has 2 N–H and O–H groups in total. The predicted molar refractivity (Wildman–Crippen MR) is 72.2 cm³/mol. The second-order valence-electron chi connectivity index (χ2n) is 6.20. The van der Waals surface area contributed by atoms with Crippen molar-refractivity contribution in [2.45, 2.75) is 70.3 Å². The van der Waals surface area contributed by atoms with Gasteiger partial charge in [0.15, 0.2) is 0 Å². The molecule has 0 aromatic carbocycles. The van der Waals surface area contributed by atoms with Crippen LogP contribution in [-0.2, 0) is 4.79 Å². The smallest absolute Gasteiger partial charge is 0.220 e. The molecule has 3 nitrogen and oxygen atoms in total. The highest BCUT2D eigenvalue weighted by Crippen LogP contribution is 2.26. The summed E-state index contributed by atoms with van der Waals surface area (Å²) in [6.45, 7) is 0.766. The van der Waals surface area contributed by atoms with Crippen molar-refractivity contribution in [3.63, 3.8) is 0 Å². The standard InChI is InChI=1S/C15H27NO2/c17-14-8-4-7-13(9-14)11-16-15(18)10-12-5-2-1-3-6-12/h12-14,17H,1-11H2,(H,16,18). The molecule has 2 atom stereocenters. The van der Waals surface area contributed by atoms with Gasteiger partial charge in [-0.3, -0.25) is 4.79 Å². The number of amides is 1. The Labute approximate surface area is 110 Å². The number of rotatable bonds is 4. The van der Waals surface area contributed by atoms with Crippen LogP contribution in [0.25, 0.3) is 0 Å². The van der Waals surface area contributed by atoms with Crippen LogP contribution < -0.4 is 5.32 Å². The van der Waals surface area contributed by atoms with Crippen LogP contribution in [0.2, 0.25) is 0 Å². The molecule has 3 heteroatoms. The van der Waals surface area contributed by atoms with Crippen LogP contribution in [0.5, 0.6) is 0 Å². The fraction of sp³-hybridized carbons (Fsp3) is 0.933. The number of carbonyl (C=O) groups is 1. The Kier molecular flexibility index (Phi) is 5.48. The molecule has 2 aliphatic carbocycles. The lowest BCUT2D eigenvalue weighted by Crippen LogP contribution is -2.34. The maximum absolute atomic E-state index is 11.9. The third-order valence-electron chi connectivity index (χ3n) is 4.54. The minimum absolute atomic E-state index is 0.140. The van der Waals surface area contributed by atoms with E-state index in [1.165, 1.54) is 32.1 Å². The Morgan fingerprint density at radius 1 is 1.00 bits per heavy atom. The molecule has 2 fully saturated rings. The molecule has 1 amide bonds. The predicted octanol–water partition coefficient (Wildman–Crippen LogP) is 2.62. The molecule has 2 unspecified atom stereocenters. The van der Waals surface area contributed by atoms with Crippen molar-refractivity contribution in [3.05, 3.63) is 0 Å². The Bertz CT molecular complexity index is 261. The van der Waals surface area contributed by atoms with E-state index < -0.39 is 0 Å². The Morgan fingerprint density at radius 2 is 1.72 bits per heavy atom. The summed E-state index contributed by atoms with van der Waals surface area (Å²) in [5.41, 5.74) is 0. The quantitative estimate of drug-likeness (QED) is 0.809. The summed E-state index contributed by atoms with van der Waals surface area (Å²) in [6.07, 6.45) is 11.0. The second kappa shape index (κ2) is 7.13. The minimum atomic E-state index is -0.140. The van der Waals surface area contributed by atoms with Gasteiger partial charge in [-0.15, -0.1) is 0 Å². The highest BCUT2D eigenvalue weighted by atomic mass is 16.3. The van der Waals surface area contributed by atoms with E-state index in [-0.39, 0.29) is 12.0 Å². The summed E-state index contributed by atoms with van der Waals surface area (Å²) in [6, 6.07) is 0. The van der Waals surface area contributed by atoms with E-state index in [4.69, 9.17) is 0 Å². The van der Waals surface area contributed by atoms with E-state index in [0.29, 0.717) is 11.8 Å². The Morgan fingerprint density at radius 3 is 2.44 bits per heavy atom. The molecule has 104 valence electrons. The van der Waals surface area contributed by atoms with Crippen LogP contribution >= 0.6 is 0 Å². The van der Waals surface area contributed by atoms with Crippen molar-refractivity contribution in [2.75, 3.05) is 6.54 Å². The summed E-state index contributed by atoms with van der Waals surface area (Å²) < 4.78 is 0. The summed E-state index contributed by atoms with van der Waals surface area (Å²) >= 11 is 0. The summed E-state index contributed by atoms with van der Waals surface area (Å²) in [7, 11) is 0. The molecule has 0 aromatic heterocycles. The average Bonchev–Trinajstić information content (AvgIpc) is 2.38. The first kappa shape index (κ1) is 13.9. The molecule has 0 aliphatic heterocycles. The van der Waals surface area contributed by atoms with Gasteiger partial charge in [-0.05, 0) is 43.9 Å². The number of aliphatic hydroxyl groups is 1. The number of carbonyl (C=O) groups excluding carboxylic acids is 1. The molecule has 0 bridgehead atoms. The molecular weight excluding hydrogens is 226 g/mol. The van der Waals surface area contributed by atoms with Crippen LogP contribution in [0.4, 0.5) is 0 Å². The van der Waals surface area contributed by atoms with Crippen molar-refractivity contribution in [1.29, 1.82) is 0 Å². The zero-order valence-electron chi connectivity index (χ0n) is 11.4. The Balaban J connectivity index is 1.61. The van der Waals surface area contributed by atoms with Gasteiger partial charge in [0.25, 0.3) is 0 Å². The van der Waals surface area contributed by atoms with Crippen molar-refractivity contribution >= 4 is 5.91 Å². The molecule has 0 radical (unpaired) electrons. The molecule has 2 rings (SSSR count). The van der Waals surface area contributed by atoms with Crippen molar-refractivity contribution in [3.8, 4) is 0 Å². The summed E-state index contributed by atoms with van der Waals surface area (Å²) in [5, 5.41) is 12.7. The van der Waals surface area contributed by atoms with Crippen molar-refractivity contribution < 1.29 is 9.90 Å². The van der Waals surface area contributed by atoms with Crippen molar-refractivity contribution in [1.82, 2.24) is 5.32 Å². The SMILES string of the molecule is O=C(CC1CCCCC1)NCC1CCCC(O)C1. The van der Waals surface area contributed by atoms with E-state index >= 15 is 0 Å². The van der Waals surface area contributed by atoms with Gasteiger partial charge in [0.05, 0.1) is 6.10 Å². The number of hydrogen-bond donors (Lipinski definition) is 2. The molecule has 2 aliphatic rings. The largest absolute Gasteiger partial charge is 0.393 e. The molecule has 0 heterocycles. The van der Waals surface area contributed by atoms with E-state index in [9.17, 15) is 9.90 Å². The topological polar surface area (TPSA) is 49.3 Å². The second-order valence-corrected chi connectivity index (χ2v) is 6.20. The fourth-order valence-corrected chi connectivity index (χ4v) is 3.43. The zero-order valence-corrected chi connectivity index (χ0v) is 11.4. The molecule has 0 saturated heterocycles. The number of hydrogen-bond acceptors (Lipinski definition) is 2. The van der Waals surface area contributed by atoms with E-state index in [1.54, 1.807) is 0 Å². The lowest BCUT2D eigenvalue weighted by atomic mass is 9.86. The molecule has 0 spiro atoms. The molecule has 0 aromatic rings. The highest BCUT2D eigenvalue weighted by Gasteiger charge is 2.21. The monoisotopic (exact) mass is 253 g/mol. The van der Waals surface area contributed by atoms with Gasteiger partial charge >= 0.3 is 0 Å². The molecular formula is C15H27NO2. The minimum Gasteiger partial charge on any atom is -0.393 e. The van der Waals surface area contributed by atoms with Gasteiger partial charge in [-0.1, -0.05) is 25.7 Å². The third-order valence-corrected chi connectivity index (χ3v) is 4.54. The lowest BCUT2D eigenvalue weighted by Gasteiger charge is -2.26. The number of aliphatic hydroxyl groups excluding tert-OH is 1. The fourth-order valence-electron chi connectivity index (χ4n) is 3.43. The van der Waals surface area contributed by atoms with Gasteiger partial charge in [-0.25, -0.2) is 0 Å². The maximum Gasteiger partial charge on any atom is 0.220 e. The Hall–Kier alpha value is -0.570.